The van der Waals surface area contributed by atoms with Crippen molar-refractivity contribution in [2.24, 2.45) is 5.73 Å². The van der Waals surface area contributed by atoms with Crippen molar-refractivity contribution in [1.82, 2.24) is 9.62 Å². The van der Waals surface area contributed by atoms with Crippen molar-refractivity contribution >= 4 is 27.5 Å². The van der Waals surface area contributed by atoms with E-state index in [1.54, 1.807) is 12.1 Å². The second-order valence-corrected chi connectivity index (χ2v) is 6.52. The molecule has 1 aromatic rings. The maximum Gasteiger partial charge on any atom is 0.243 e. The Morgan fingerprint density at radius 2 is 2.21 bits per heavy atom. The van der Waals surface area contributed by atoms with Crippen LogP contribution in [0.15, 0.2) is 29.2 Å². The lowest BCUT2D eigenvalue weighted by Gasteiger charge is -2.33. The molecule has 1 saturated heterocycles. The molecule has 0 radical (unpaired) electrons. The fourth-order valence-electron chi connectivity index (χ4n) is 1.98. The first-order valence-corrected chi connectivity index (χ1v) is 7.52. The first kappa shape index (κ1) is 14.3. The van der Waals surface area contributed by atoms with Crippen molar-refractivity contribution in [2.75, 3.05) is 19.6 Å². The highest BCUT2D eigenvalue weighted by atomic mass is 35.5. The molecule has 104 valence electrons. The Hall–Kier alpha value is -1.15. The van der Waals surface area contributed by atoms with Gasteiger partial charge in [-0.15, -0.1) is 0 Å². The van der Waals surface area contributed by atoms with E-state index in [1.807, 2.05) is 0 Å². The number of halogens is 1. The summed E-state index contributed by atoms with van der Waals surface area (Å²) in [4.78, 5) is 11.4. The lowest BCUT2D eigenvalue weighted by Crippen LogP contribution is -2.58. The zero-order chi connectivity index (χ0) is 14.0. The Morgan fingerprint density at radius 3 is 2.84 bits per heavy atom. The molecular formula is C11H14ClN3O3S. The number of primary amides is 1. The number of nitrogens with one attached hydrogen (secondary N) is 1. The van der Waals surface area contributed by atoms with Gasteiger partial charge in [0.15, 0.2) is 0 Å². The van der Waals surface area contributed by atoms with Gasteiger partial charge in [0.05, 0.1) is 4.90 Å². The van der Waals surface area contributed by atoms with E-state index in [-0.39, 0.29) is 18.0 Å². The van der Waals surface area contributed by atoms with E-state index in [0.29, 0.717) is 11.6 Å². The van der Waals surface area contributed by atoms with E-state index in [0.717, 1.165) is 4.31 Å². The van der Waals surface area contributed by atoms with E-state index in [4.69, 9.17) is 17.3 Å². The number of benzene rings is 1. The minimum Gasteiger partial charge on any atom is -0.368 e. The molecule has 1 atom stereocenters. The molecule has 0 saturated carbocycles. The minimum absolute atomic E-state index is 0.0631. The maximum absolute atomic E-state index is 12.5. The quantitative estimate of drug-likeness (QED) is 0.808. The van der Waals surface area contributed by atoms with Gasteiger partial charge in [-0.25, -0.2) is 8.42 Å². The summed E-state index contributed by atoms with van der Waals surface area (Å²) in [5.41, 5.74) is 5.25. The van der Waals surface area contributed by atoms with Crippen LogP contribution in [0.2, 0.25) is 5.02 Å². The van der Waals surface area contributed by atoms with Gasteiger partial charge in [-0.3, -0.25) is 4.79 Å². The van der Waals surface area contributed by atoms with Gasteiger partial charge in [-0.05, 0) is 18.2 Å². The number of hydrogen-bond donors (Lipinski definition) is 2. The monoisotopic (exact) mass is 303 g/mol. The molecule has 1 heterocycles. The molecule has 2 rings (SSSR count). The van der Waals surface area contributed by atoms with Crippen molar-refractivity contribution in [3.05, 3.63) is 29.3 Å². The smallest absolute Gasteiger partial charge is 0.243 e. The summed E-state index contributed by atoms with van der Waals surface area (Å²) in [6.07, 6.45) is 0. The maximum atomic E-state index is 12.5. The first-order chi connectivity index (χ1) is 8.93. The van der Waals surface area contributed by atoms with Crippen LogP contribution in [0.4, 0.5) is 0 Å². The van der Waals surface area contributed by atoms with Crippen LogP contribution in [-0.2, 0) is 14.8 Å². The summed E-state index contributed by atoms with van der Waals surface area (Å²) in [6, 6.07) is 5.07. The molecule has 1 aliphatic rings. The summed E-state index contributed by atoms with van der Waals surface area (Å²) in [7, 11) is -3.77. The first-order valence-electron chi connectivity index (χ1n) is 5.70. The topological polar surface area (TPSA) is 92.5 Å². The number of sulfonamides is 1. The molecule has 1 aromatic carbocycles. The number of rotatable bonds is 3. The SMILES string of the molecule is NC(=O)C1CNCCN1S(=O)(=O)c1cccc(Cl)c1. The zero-order valence-corrected chi connectivity index (χ0v) is 11.6. The molecule has 3 N–H and O–H groups in total. The number of carbonyl (C=O) groups is 1. The molecule has 6 nitrogen and oxygen atoms in total. The molecule has 8 heteroatoms. The number of amides is 1. The molecule has 0 spiro atoms. The van der Waals surface area contributed by atoms with Crippen molar-refractivity contribution < 1.29 is 13.2 Å². The molecule has 19 heavy (non-hydrogen) atoms. The van der Waals surface area contributed by atoms with Crippen LogP contribution in [0.5, 0.6) is 0 Å². The summed E-state index contributed by atoms with van der Waals surface area (Å²) < 4.78 is 26.1. The minimum atomic E-state index is -3.77. The van der Waals surface area contributed by atoms with Crippen molar-refractivity contribution in [2.45, 2.75) is 10.9 Å². The predicted octanol–water partition coefficient (Wildman–Crippen LogP) is -0.212. The molecular weight excluding hydrogens is 290 g/mol. The van der Waals surface area contributed by atoms with Gasteiger partial charge in [0.25, 0.3) is 0 Å². The molecule has 0 bridgehead atoms. The summed E-state index contributed by atoms with van der Waals surface area (Å²) in [5, 5.41) is 3.27. The van der Waals surface area contributed by atoms with Crippen LogP contribution in [0.3, 0.4) is 0 Å². The molecule has 1 aliphatic heterocycles. The van der Waals surface area contributed by atoms with E-state index in [9.17, 15) is 13.2 Å². The zero-order valence-electron chi connectivity index (χ0n) is 10.0. The van der Waals surface area contributed by atoms with Gasteiger partial charge < -0.3 is 11.1 Å². The number of piperazine rings is 1. The van der Waals surface area contributed by atoms with E-state index in [1.165, 1.54) is 12.1 Å². The third kappa shape index (κ3) is 2.89. The van der Waals surface area contributed by atoms with Gasteiger partial charge in [0.1, 0.15) is 6.04 Å². The van der Waals surface area contributed by atoms with Crippen molar-refractivity contribution in [3.8, 4) is 0 Å². The Balaban J connectivity index is 2.40. The van der Waals surface area contributed by atoms with E-state index in [2.05, 4.69) is 5.32 Å². The number of hydrogen-bond acceptors (Lipinski definition) is 4. The van der Waals surface area contributed by atoms with E-state index >= 15 is 0 Å². The van der Waals surface area contributed by atoms with Gasteiger partial charge in [-0.2, -0.15) is 4.31 Å². The standard InChI is InChI=1S/C11H14ClN3O3S/c12-8-2-1-3-9(6-8)19(17,18)15-5-4-14-7-10(15)11(13)16/h1-3,6,10,14H,4-5,7H2,(H2,13,16). The average molecular weight is 304 g/mol. The largest absolute Gasteiger partial charge is 0.368 e. The van der Waals surface area contributed by atoms with E-state index < -0.39 is 22.0 Å². The number of nitrogens with zero attached hydrogens (tertiary/aromatic N) is 1. The predicted molar refractivity (Wildman–Crippen MR) is 71.2 cm³/mol. The van der Waals surface area contributed by atoms with Crippen molar-refractivity contribution in [1.29, 1.82) is 0 Å². The molecule has 0 aromatic heterocycles. The normalized spacial score (nSPS) is 21.2. The van der Waals surface area contributed by atoms with Gasteiger partial charge in [0.2, 0.25) is 15.9 Å². The summed E-state index contributed by atoms with van der Waals surface area (Å²) in [5.74, 6) is -0.669. The summed E-state index contributed by atoms with van der Waals surface area (Å²) >= 11 is 5.80. The molecule has 1 unspecified atom stereocenters. The van der Waals surface area contributed by atoms with Gasteiger partial charge in [-0.1, -0.05) is 17.7 Å². The van der Waals surface area contributed by atoms with Crippen LogP contribution in [0.1, 0.15) is 0 Å². The number of carbonyl (C=O) groups excluding carboxylic acids is 1. The van der Waals surface area contributed by atoms with Crippen molar-refractivity contribution in [3.63, 3.8) is 0 Å². The second-order valence-electron chi connectivity index (χ2n) is 4.20. The lowest BCUT2D eigenvalue weighted by molar-refractivity contribution is -0.122. The third-order valence-corrected chi connectivity index (χ3v) is 5.06. The van der Waals surface area contributed by atoms with Crippen LogP contribution < -0.4 is 11.1 Å². The molecule has 1 fully saturated rings. The fourth-order valence-corrected chi connectivity index (χ4v) is 3.88. The highest BCUT2D eigenvalue weighted by Crippen LogP contribution is 2.22. The van der Waals surface area contributed by atoms with Crippen LogP contribution >= 0.6 is 11.6 Å². The highest BCUT2D eigenvalue weighted by molar-refractivity contribution is 7.89. The third-order valence-electron chi connectivity index (χ3n) is 2.93. The lowest BCUT2D eigenvalue weighted by atomic mass is 10.2. The van der Waals surface area contributed by atoms with Gasteiger partial charge in [0, 0.05) is 24.7 Å². The Morgan fingerprint density at radius 1 is 1.47 bits per heavy atom. The average Bonchev–Trinajstić information content (AvgIpc) is 2.38. The Labute approximate surface area is 116 Å². The van der Waals surface area contributed by atoms with Crippen LogP contribution in [0.25, 0.3) is 0 Å². The summed E-state index contributed by atoms with van der Waals surface area (Å²) in [6.45, 7) is 0.890. The number of nitrogens with two attached hydrogens (primary N) is 1. The highest BCUT2D eigenvalue weighted by Gasteiger charge is 2.36. The molecule has 1 amide bonds. The Kier molecular flexibility index (Phi) is 4.10. The second kappa shape index (κ2) is 5.46. The van der Waals surface area contributed by atoms with Crippen LogP contribution in [-0.4, -0.2) is 44.3 Å². The Bertz CT molecular complexity index is 591. The van der Waals surface area contributed by atoms with Gasteiger partial charge >= 0.3 is 0 Å². The fraction of sp³-hybridized carbons (Fsp3) is 0.364. The molecule has 0 aliphatic carbocycles. The van der Waals surface area contributed by atoms with Crippen LogP contribution in [0, 0.1) is 0 Å².